The fraction of sp³-hybridized carbons (Fsp3) is 0.455. The minimum absolute atomic E-state index is 0.269. The van der Waals surface area contributed by atoms with Gasteiger partial charge in [-0.25, -0.2) is 9.59 Å². The van der Waals surface area contributed by atoms with Crippen LogP contribution in [0.5, 0.6) is 0 Å². The van der Waals surface area contributed by atoms with Gasteiger partial charge in [0.05, 0.1) is 11.4 Å². The molecule has 1 aliphatic rings. The Bertz CT molecular complexity index is 616. The first-order valence-electron chi connectivity index (χ1n) is 5.72. The molecule has 0 radical (unpaired) electrons. The number of aryl methyl sites for hydroxylation is 1. The Morgan fingerprint density at radius 2 is 2.25 bits per heavy atom. The van der Waals surface area contributed by atoms with Crippen LogP contribution in [0.3, 0.4) is 0 Å². The van der Waals surface area contributed by atoms with E-state index in [9.17, 15) is 14.4 Å². The third-order valence-electron chi connectivity index (χ3n) is 2.92. The SMILES string of the molecule is CSc1nc(=O)[nH]c(C)c1C(=O)N1CSCC1C(=O)O. The van der Waals surface area contributed by atoms with E-state index in [2.05, 4.69) is 9.97 Å². The fourth-order valence-corrected chi connectivity index (χ4v) is 3.71. The predicted octanol–water partition coefficient (Wildman–Crippen LogP) is 0.400. The van der Waals surface area contributed by atoms with Crippen LogP contribution in [0, 0.1) is 6.92 Å². The second kappa shape index (κ2) is 5.88. The molecule has 1 fully saturated rings. The van der Waals surface area contributed by atoms with E-state index in [1.54, 1.807) is 13.2 Å². The van der Waals surface area contributed by atoms with E-state index in [-0.39, 0.29) is 5.56 Å². The monoisotopic (exact) mass is 315 g/mol. The number of carboxylic acid groups (broad SMARTS) is 1. The summed E-state index contributed by atoms with van der Waals surface area (Å²) in [5.41, 5.74) is 0.153. The molecule has 2 N–H and O–H groups in total. The molecule has 0 saturated carbocycles. The van der Waals surface area contributed by atoms with Crippen LogP contribution in [-0.2, 0) is 4.79 Å². The highest BCUT2D eigenvalue weighted by molar-refractivity contribution is 7.99. The van der Waals surface area contributed by atoms with Crippen LogP contribution in [0.25, 0.3) is 0 Å². The van der Waals surface area contributed by atoms with Gasteiger partial charge < -0.3 is 15.0 Å². The highest BCUT2D eigenvalue weighted by Gasteiger charge is 2.36. The summed E-state index contributed by atoms with van der Waals surface area (Å²) in [7, 11) is 0. The molecule has 0 aliphatic carbocycles. The highest BCUT2D eigenvalue weighted by Crippen LogP contribution is 2.26. The number of thioether (sulfide) groups is 2. The van der Waals surface area contributed by atoms with Crippen molar-refractivity contribution in [2.45, 2.75) is 18.0 Å². The molecule has 2 rings (SSSR count). The molecule has 1 amide bonds. The molecule has 108 valence electrons. The molecule has 0 aromatic carbocycles. The van der Waals surface area contributed by atoms with Crippen molar-refractivity contribution < 1.29 is 14.7 Å². The van der Waals surface area contributed by atoms with Crippen molar-refractivity contribution in [1.82, 2.24) is 14.9 Å². The van der Waals surface area contributed by atoms with Crippen molar-refractivity contribution in [2.75, 3.05) is 17.9 Å². The number of H-pyrrole nitrogens is 1. The third kappa shape index (κ3) is 2.68. The zero-order chi connectivity index (χ0) is 14.9. The standard InChI is InChI=1S/C11H13N3O4S2/c1-5-7(8(19-2)13-11(18)12-5)9(15)14-4-20-3-6(14)10(16)17/h6H,3-4H2,1-2H3,(H,16,17)(H,12,13,18). The average Bonchev–Trinajstić information content (AvgIpc) is 2.86. The van der Waals surface area contributed by atoms with Crippen molar-refractivity contribution in [2.24, 2.45) is 0 Å². The maximum Gasteiger partial charge on any atom is 0.346 e. The molecule has 1 atom stereocenters. The summed E-state index contributed by atoms with van der Waals surface area (Å²) in [4.78, 5) is 42.6. The highest BCUT2D eigenvalue weighted by atomic mass is 32.2. The van der Waals surface area contributed by atoms with Gasteiger partial charge in [0.2, 0.25) is 0 Å². The maximum absolute atomic E-state index is 12.5. The summed E-state index contributed by atoms with van der Waals surface area (Å²) in [6.07, 6.45) is 1.71. The van der Waals surface area contributed by atoms with E-state index in [1.807, 2.05) is 0 Å². The number of aromatic amines is 1. The van der Waals surface area contributed by atoms with Gasteiger partial charge in [0.25, 0.3) is 5.91 Å². The number of carboxylic acids is 1. The lowest BCUT2D eigenvalue weighted by atomic mass is 10.2. The first-order chi connectivity index (χ1) is 9.45. The average molecular weight is 315 g/mol. The van der Waals surface area contributed by atoms with Crippen LogP contribution in [0.4, 0.5) is 0 Å². The van der Waals surface area contributed by atoms with Crippen molar-refractivity contribution in [3.05, 3.63) is 21.7 Å². The molecule has 9 heteroatoms. The van der Waals surface area contributed by atoms with Gasteiger partial charge in [-0.1, -0.05) is 0 Å². The van der Waals surface area contributed by atoms with Crippen LogP contribution in [0.1, 0.15) is 16.1 Å². The summed E-state index contributed by atoms with van der Waals surface area (Å²) < 4.78 is 0. The fourth-order valence-electron chi connectivity index (χ4n) is 1.95. The smallest absolute Gasteiger partial charge is 0.346 e. The zero-order valence-corrected chi connectivity index (χ0v) is 12.5. The molecule has 1 saturated heterocycles. The number of hydrogen-bond donors (Lipinski definition) is 2. The van der Waals surface area contributed by atoms with E-state index >= 15 is 0 Å². The Balaban J connectivity index is 2.43. The summed E-state index contributed by atoms with van der Waals surface area (Å²) in [5.74, 6) is -0.745. The van der Waals surface area contributed by atoms with Gasteiger partial charge in [-0.15, -0.1) is 23.5 Å². The minimum Gasteiger partial charge on any atom is -0.480 e. The molecule has 0 spiro atoms. The number of amides is 1. The first-order valence-corrected chi connectivity index (χ1v) is 8.10. The van der Waals surface area contributed by atoms with Gasteiger partial charge in [0.1, 0.15) is 11.1 Å². The van der Waals surface area contributed by atoms with Gasteiger partial charge >= 0.3 is 11.7 Å². The molecule has 2 heterocycles. The van der Waals surface area contributed by atoms with Gasteiger partial charge in [0, 0.05) is 11.4 Å². The van der Waals surface area contributed by atoms with E-state index in [1.165, 1.54) is 28.4 Å². The molecule has 7 nitrogen and oxygen atoms in total. The lowest BCUT2D eigenvalue weighted by Crippen LogP contribution is -2.42. The van der Waals surface area contributed by atoms with Crippen LogP contribution < -0.4 is 5.69 Å². The van der Waals surface area contributed by atoms with Gasteiger partial charge in [-0.05, 0) is 13.2 Å². The zero-order valence-electron chi connectivity index (χ0n) is 10.9. The summed E-state index contributed by atoms with van der Waals surface area (Å²) in [6, 6.07) is -0.839. The van der Waals surface area contributed by atoms with Gasteiger partial charge in [-0.3, -0.25) is 4.79 Å². The largest absolute Gasteiger partial charge is 0.480 e. The quantitative estimate of drug-likeness (QED) is 0.614. The number of nitrogens with zero attached hydrogens (tertiary/aromatic N) is 2. The molecule has 20 heavy (non-hydrogen) atoms. The molecular weight excluding hydrogens is 302 g/mol. The normalized spacial score (nSPS) is 18.3. The molecule has 1 aromatic rings. The number of carbonyl (C=O) groups excluding carboxylic acids is 1. The van der Waals surface area contributed by atoms with Crippen molar-refractivity contribution in [1.29, 1.82) is 0 Å². The maximum atomic E-state index is 12.5. The topological polar surface area (TPSA) is 103 Å². The van der Waals surface area contributed by atoms with Crippen molar-refractivity contribution >= 4 is 35.4 Å². The Morgan fingerprint density at radius 1 is 1.55 bits per heavy atom. The van der Waals surface area contributed by atoms with Crippen LogP contribution >= 0.6 is 23.5 Å². The van der Waals surface area contributed by atoms with E-state index in [0.29, 0.717) is 22.3 Å². The Morgan fingerprint density at radius 3 is 2.85 bits per heavy atom. The van der Waals surface area contributed by atoms with E-state index in [0.717, 1.165) is 0 Å². The summed E-state index contributed by atoms with van der Waals surface area (Å²) in [5, 5.41) is 9.45. The number of aliphatic carboxylic acids is 1. The van der Waals surface area contributed by atoms with Gasteiger partial charge in [0.15, 0.2) is 0 Å². The lowest BCUT2D eigenvalue weighted by Gasteiger charge is -2.21. The summed E-state index contributed by atoms with van der Waals surface area (Å²) >= 11 is 2.58. The number of hydrogen-bond acceptors (Lipinski definition) is 6. The summed E-state index contributed by atoms with van der Waals surface area (Å²) in [6.45, 7) is 1.61. The predicted molar refractivity (Wildman–Crippen MR) is 76.3 cm³/mol. The molecule has 1 unspecified atom stereocenters. The molecule has 1 aromatic heterocycles. The second-order valence-electron chi connectivity index (χ2n) is 4.18. The van der Waals surface area contributed by atoms with Crippen molar-refractivity contribution in [3.63, 3.8) is 0 Å². The van der Waals surface area contributed by atoms with E-state index in [4.69, 9.17) is 5.11 Å². The lowest BCUT2D eigenvalue weighted by molar-refractivity contribution is -0.140. The molecular formula is C11H13N3O4S2. The van der Waals surface area contributed by atoms with Crippen LogP contribution in [-0.4, -0.2) is 55.8 Å². The molecule has 0 bridgehead atoms. The number of rotatable bonds is 3. The van der Waals surface area contributed by atoms with E-state index < -0.39 is 23.6 Å². The number of aromatic nitrogens is 2. The number of nitrogens with one attached hydrogen (secondary N) is 1. The molecule has 1 aliphatic heterocycles. The Hall–Kier alpha value is -1.48. The van der Waals surface area contributed by atoms with Crippen LogP contribution in [0.15, 0.2) is 9.82 Å². The minimum atomic E-state index is -1.02. The van der Waals surface area contributed by atoms with Gasteiger partial charge in [-0.2, -0.15) is 4.98 Å². The first kappa shape index (κ1) is 14.9. The van der Waals surface area contributed by atoms with Crippen molar-refractivity contribution in [3.8, 4) is 0 Å². The Labute approximate surface area is 123 Å². The van der Waals surface area contributed by atoms with Crippen LogP contribution in [0.2, 0.25) is 0 Å². The second-order valence-corrected chi connectivity index (χ2v) is 5.97. The third-order valence-corrected chi connectivity index (χ3v) is 4.62. The Kier molecular flexibility index (Phi) is 4.39. The number of carbonyl (C=O) groups is 2.